The zero-order valence-corrected chi connectivity index (χ0v) is 13.3. The maximum Gasteiger partial charge on any atom is 0.573 e. The number of carbonyl (C=O) groups is 2. The van der Waals surface area contributed by atoms with Crippen molar-refractivity contribution in [3.63, 3.8) is 0 Å². The molecule has 9 heteroatoms. The van der Waals surface area contributed by atoms with Gasteiger partial charge in [-0.15, -0.1) is 13.2 Å². The van der Waals surface area contributed by atoms with E-state index in [9.17, 15) is 27.9 Å². The fourth-order valence-corrected chi connectivity index (χ4v) is 2.61. The lowest BCUT2D eigenvalue weighted by molar-refractivity contribution is -0.274. The van der Waals surface area contributed by atoms with Crippen LogP contribution in [-0.2, 0) is 16.0 Å². The zero-order valence-electron chi connectivity index (χ0n) is 13.3. The Morgan fingerprint density at radius 2 is 1.72 bits per heavy atom. The summed E-state index contributed by atoms with van der Waals surface area (Å²) in [6, 6.07) is 5.27. The van der Waals surface area contributed by atoms with Crippen LogP contribution in [0.4, 0.5) is 13.2 Å². The number of piperidine rings is 1. The monoisotopic (exact) mass is 361 g/mol. The van der Waals surface area contributed by atoms with Crippen LogP contribution in [0.2, 0.25) is 0 Å². The molecule has 2 N–H and O–H groups in total. The van der Waals surface area contributed by atoms with Crippen LogP contribution in [0.3, 0.4) is 0 Å². The quantitative estimate of drug-likeness (QED) is 0.837. The van der Waals surface area contributed by atoms with E-state index in [-0.39, 0.29) is 44.0 Å². The number of carboxylic acid groups (broad SMARTS) is 1. The fraction of sp³-hybridized carbons (Fsp3) is 0.500. The average molecular weight is 361 g/mol. The molecule has 0 spiro atoms. The molecule has 1 heterocycles. The number of amides is 1. The highest BCUT2D eigenvalue weighted by Gasteiger charge is 2.40. The summed E-state index contributed by atoms with van der Waals surface area (Å²) in [5.41, 5.74) is -1.10. The number of halogens is 3. The molecule has 0 aliphatic carbocycles. The average Bonchev–Trinajstić information content (AvgIpc) is 2.53. The van der Waals surface area contributed by atoms with E-state index < -0.39 is 17.9 Å². The van der Waals surface area contributed by atoms with Crippen molar-refractivity contribution in [2.24, 2.45) is 0 Å². The Morgan fingerprint density at radius 1 is 1.16 bits per heavy atom. The van der Waals surface area contributed by atoms with Crippen molar-refractivity contribution in [2.75, 3.05) is 13.1 Å². The second kappa shape index (κ2) is 7.30. The van der Waals surface area contributed by atoms with Gasteiger partial charge < -0.3 is 19.8 Å². The first-order chi connectivity index (χ1) is 11.6. The van der Waals surface area contributed by atoms with Crippen LogP contribution in [0.1, 0.15) is 24.8 Å². The smallest absolute Gasteiger partial charge is 0.479 e. The summed E-state index contributed by atoms with van der Waals surface area (Å²) >= 11 is 0. The molecule has 0 atom stereocenters. The van der Waals surface area contributed by atoms with Crippen molar-refractivity contribution < 1.29 is 37.7 Å². The standard InChI is InChI=1S/C16H18F3NO5/c17-16(18,19)25-12-4-1-11(2-5-12)3-6-13(21)20-9-7-15(24,8-10-20)14(22)23/h1-2,4-5,24H,3,6-10H2,(H,22,23). The fourth-order valence-electron chi connectivity index (χ4n) is 2.61. The van der Waals surface area contributed by atoms with Gasteiger partial charge >= 0.3 is 12.3 Å². The summed E-state index contributed by atoms with van der Waals surface area (Å²) in [5.74, 6) is -1.81. The van der Waals surface area contributed by atoms with Crippen LogP contribution < -0.4 is 4.74 Å². The highest BCUT2D eigenvalue weighted by molar-refractivity contribution is 5.79. The van der Waals surface area contributed by atoms with Crippen LogP contribution >= 0.6 is 0 Å². The lowest BCUT2D eigenvalue weighted by atomic mass is 9.91. The van der Waals surface area contributed by atoms with Crippen LogP contribution in [0.15, 0.2) is 24.3 Å². The number of rotatable bonds is 5. The SMILES string of the molecule is O=C(CCc1ccc(OC(F)(F)F)cc1)N1CCC(O)(C(=O)O)CC1. The van der Waals surface area contributed by atoms with E-state index in [1.54, 1.807) is 0 Å². The van der Waals surface area contributed by atoms with Crippen LogP contribution in [0.25, 0.3) is 0 Å². The van der Waals surface area contributed by atoms with E-state index in [1.165, 1.54) is 29.2 Å². The Hall–Kier alpha value is -2.29. The number of hydrogen-bond acceptors (Lipinski definition) is 4. The van der Waals surface area contributed by atoms with E-state index in [1.807, 2.05) is 0 Å². The van der Waals surface area contributed by atoms with E-state index in [0.29, 0.717) is 12.0 Å². The minimum Gasteiger partial charge on any atom is -0.479 e. The third-order valence-corrected chi connectivity index (χ3v) is 4.13. The van der Waals surface area contributed by atoms with Crippen molar-refractivity contribution in [1.29, 1.82) is 0 Å². The van der Waals surface area contributed by atoms with Gasteiger partial charge in [-0.25, -0.2) is 4.79 Å². The zero-order chi connectivity index (χ0) is 18.7. The number of benzene rings is 1. The number of ether oxygens (including phenoxy) is 1. The predicted molar refractivity (Wildman–Crippen MR) is 79.8 cm³/mol. The van der Waals surface area contributed by atoms with Gasteiger partial charge in [-0.2, -0.15) is 0 Å². The third-order valence-electron chi connectivity index (χ3n) is 4.13. The molecule has 1 aromatic rings. The van der Waals surface area contributed by atoms with Crippen LogP contribution in [0.5, 0.6) is 5.75 Å². The molecule has 1 fully saturated rings. The highest BCUT2D eigenvalue weighted by atomic mass is 19.4. The van der Waals surface area contributed by atoms with Gasteiger partial charge in [0.25, 0.3) is 0 Å². The van der Waals surface area contributed by atoms with Crippen molar-refractivity contribution in [3.8, 4) is 5.75 Å². The third kappa shape index (κ3) is 5.35. The Bertz CT molecular complexity index is 622. The van der Waals surface area contributed by atoms with Gasteiger partial charge in [0.1, 0.15) is 5.75 Å². The molecular formula is C16H18F3NO5. The van der Waals surface area contributed by atoms with Crippen LogP contribution in [-0.4, -0.2) is 52.0 Å². The van der Waals surface area contributed by atoms with Gasteiger partial charge in [0.05, 0.1) is 0 Å². The summed E-state index contributed by atoms with van der Waals surface area (Å²) in [6.07, 6.45) is -4.32. The summed E-state index contributed by atoms with van der Waals surface area (Å²) in [5, 5.41) is 18.8. The summed E-state index contributed by atoms with van der Waals surface area (Å²) < 4.78 is 40.0. The van der Waals surface area contributed by atoms with Gasteiger partial charge in [0, 0.05) is 32.4 Å². The molecule has 0 saturated carbocycles. The molecule has 0 aromatic heterocycles. The number of aliphatic hydroxyl groups is 1. The predicted octanol–water partition coefficient (Wildman–Crippen LogP) is 1.96. The van der Waals surface area contributed by atoms with Crippen molar-refractivity contribution in [1.82, 2.24) is 4.90 Å². The van der Waals surface area contributed by atoms with Crippen molar-refractivity contribution >= 4 is 11.9 Å². The minimum atomic E-state index is -4.75. The van der Waals surface area contributed by atoms with Crippen molar-refractivity contribution in [3.05, 3.63) is 29.8 Å². The Morgan fingerprint density at radius 3 is 2.20 bits per heavy atom. The molecule has 1 aliphatic heterocycles. The van der Waals surface area contributed by atoms with Gasteiger partial charge in [0.15, 0.2) is 5.60 Å². The molecule has 0 bridgehead atoms. The molecule has 0 unspecified atom stereocenters. The molecule has 25 heavy (non-hydrogen) atoms. The number of nitrogens with zero attached hydrogens (tertiary/aromatic N) is 1. The number of carboxylic acids is 1. The normalized spacial score (nSPS) is 17.2. The lowest BCUT2D eigenvalue weighted by Crippen LogP contribution is -2.50. The van der Waals surface area contributed by atoms with E-state index in [4.69, 9.17) is 5.11 Å². The van der Waals surface area contributed by atoms with E-state index >= 15 is 0 Å². The Labute approximate surface area is 141 Å². The van der Waals surface area contributed by atoms with E-state index in [0.717, 1.165) is 0 Å². The number of aryl methyl sites for hydroxylation is 1. The minimum absolute atomic E-state index is 0.0302. The van der Waals surface area contributed by atoms with Gasteiger partial charge in [0.2, 0.25) is 5.91 Å². The summed E-state index contributed by atoms with van der Waals surface area (Å²) in [7, 11) is 0. The first-order valence-corrected chi connectivity index (χ1v) is 7.67. The number of likely N-dealkylation sites (tertiary alicyclic amines) is 1. The first-order valence-electron chi connectivity index (χ1n) is 7.67. The molecule has 2 rings (SSSR count). The van der Waals surface area contributed by atoms with Gasteiger partial charge in [-0.3, -0.25) is 4.79 Å². The van der Waals surface area contributed by atoms with Crippen molar-refractivity contribution in [2.45, 2.75) is 37.6 Å². The van der Waals surface area contributed by atoms with Gasteiger partial charge in [-0.1, -0.05) is 12.1 Å². The van der Waals surface area contributed by atoms with E-state index in [2.05, 4.69) is 4.74 Å². The summed E-state index contributed by atoms with van der Waals surface area (Å²) in [6.45, 7) is 0.306. The van der Waals surface area contributed by atoms with Crippen LogP contribution in [0, 0.1) is 0 Å². The Kier molecular flexibility index (Phi) is 5.56. The molecule has 1 aliphatic rings. The molecule has 1 amide bonds. The second-order valence-corrected chi connectivity index (χ2v) is 5.91. The molecule has 1 saturated heterocycles. The maximum atomic E-state index is 12.1. The number of hydrogen-bond donors (Lipinski definition) is 2. The number of alkyl halides is 3. The first kappa shape index (κ1) is 19.0. The maximum absolute atomic E-state index is 12.1. The molecule has 138 valence electrons. The lowest BCUT2D eigenvalue weighted by Gasteiger charge is -2.35. The number of aliphatic carboxylic acids is 1. The summed E-state index contributed by atoms with van der Waals surface area (Å²) in [4.78, 5) is 24.6. The largest absolute Gasteiger partial charge is 0.573 e. The second-order valence-electron chi connectivity index (χ2n) is 5.91. The van der Waals surface area contributed by atoms with Gasteiger partial charge in [-0.05, 0) is 24.1 Å². The molecule has 1 aromatic carbocycles. The molecule has 0 radical (unpaired) electrons. The number of carbonyl (C=O) groups excluding carboxylic acids is 1. The molecule has 6 nitrogen and oxygen atoms in total. The topological polar surface area (TPSA) is 87.1 Å². The molecular weight excluding hydrogens is 343 g/mol. The highest BCUT2D eigenvalue weighted by Crippen LogP contribution is 2.24. The Balaban J connectivity index is 1.82.